The van der Waals surface area contributed by atoms with Crippen molar-refractivity contribution in [1.29, 1.82) is 0 Å². The molecule has 1 aromatic rings. The Labute approximate surface area is 138 Å². The largest absolute Gasteiger partial charge is 0.378 e. The smallest absolute Gasteiger partial charge is 0.322 e. The molecule has 0 radical (unpaired) electrons. The van der Waals surface area contributed by atoms with Crippen molar-refractivity contribution in [1.82, 2.24) is 9.80 Å². The van der Waals surface area contributed by atoms with Crippen LogP contribution in [0.25, 0.3) is 0 Å². The Balaban J connectivity index is 1.67. The lowest BCUT2D eigenvalue weighted by atomic mass is 10.2. The summed E-state index contributed by atoms with van der Waals surface area (Å²) in [6, 6.07) is 8.05. The summed E-state index contributed by atoms with van der Waals surface area (Å²) in [5, 5.41) is 3.08. The molecule has 2 aliphatic heterocycles. The standard InChI is InChI=1S/C17H26N4O2/c1-2-19-7-9-20(10-8-19)16-6-4-3-5-15(16)18-17(22)21-11-13-23-14-12-21/h3-6H,2,7-14H2,1H3,(H,18,22). The maximum absolute atomic E-state index is 12.4. The fraction of sp³-hybridized carbons (Fsp3) is 0.588. The van der Waals surface area contributed by atoms with E-state index in [1.165, 1.54) is 0 Å². The lowest BCUT2D eigenvalue weighted by Crippen LogP contribution is -2.46. The molecule has 0 aromatic heterocycles. The minimum absolute atomic E-state index is 0.0343. The van der Waals surface area contributed by atoms with Crippen molar-refractivity contribution in [3.05, 3.63) is 24.3 Å². The highest BCUT2D eigenvalue weighted by Crippen LogP contribution is 2.27. The highest BCUT2D eigenvalue weighted by molar-refractivity contribution is 5.93. The number of nitrogens with one attached hydrogen (secondary N) is 1. The van der Waals surface area contributed by atoms with Crippen LogP contribution in [0.2, 0.25) is 0 Å². The summed E-state index contributed by atoms with van der Waals surface area (Å²) >= 11 is 0. The zero-order chi connectivity index (χ0) is 16.1. The molecule has 1 aromatic carbocycles. The molecule has 1 N–H and O–H groups in total. The monoisotopic (exact) mass is 318 g/mol. The maximum atomic E-state index is 12.4. The van der Waals surface area contributed by atoms with Crippen molar-refractivity contribution in [3.8, 4) is 0 Å². The summed E-state index contributed by atoms with van der Waals surface area (Å²) in [5.41, 5.74) is 2.01. The lowest BCUT2D eigenvalue weighted by Gasteiger charge is -2.36. The third-order valence-corrected chi connectivity index (χ3v) is 4.60. The summed E-state index contributed by atoms with van der Waals surface area (Å²) < 4.78 is 5.31. The average Bonchev–Trinajstić information content (AvgIpc) is 2.63. The van der Waals surface area contributed by atoms with E-state index in [0.717, 1.165) is 44.1 Å². The van der Waals surface area contributed by atoms with Gasteiger partial charge in [-0.15, -0.1) is 0 Å². The van der Waals surface area contributed by atoms with Crippen LogP contribution in [0, 0.1) is 0 Å². The van der Waals surface area contributed by atoms with Crippen LogP contribution in [-0.4, -0.2) is 74.9 Å². The van der Waals surface area contributed by atoms with Crippen LogP contribution in [0.3, 0.4) is 0 Å². The number of benzene rings is 1. The number of piperazine rings is 1. The molecule has 2 fully saturated rings. The Morgan fingerprint density at radius 2 is 1.78 bits per heavy atom. The van der Waals surface area contributed by atoms with E-state index in [2.05, 4.69) is 28.1 Å². The van der Waals surface area contributed by atoms with Crippen molar-refractivity contribution in [3.63, 3.8) is 0 Å². The van der Waals surface area contributed by atoms with Crippen molar-refractivity contribution in [2.24, 2.45) is 0 Å². The van der Waals surface area contributed by atoms with Gasteiger partial charge in [0.2, 0.25) is 0 Å². The number of carbonyl (C=O) groups excluding carboxylic acids is 1. The van der Waals surface area contributed by atoms with Crippen molar-refractivity contribution < 1.29 is 9.53 Å². The number of likely N-dealkylation sites (N-methyl/N-ethyl adjacent to an activating group) is 1. The van der Waals surface area contributed by atoms with E-state index in [9.17, 15) is 4.79 Å². The second-order valence-electron chi connectivity index (χ2n) is 5.97. The van der Waals surface area contributed by atoms with Gasteiger partial charge in [-0.2, -0.15) is 0 Å². The van der Waals surface area contributed by atoms with Gasteiger partial charge in [0.05, 0.1) is 24.6 Å². The molecule has 0 atom stereocenters. The van der Waals surface area contributed by atoms with E-state index in [1.54, 1.807) is 0 Å². The molecule has 0 unspecified atom stereocenters. The van der Waals surface area contributed by atoms with Crippen molar-refractivity contribution in [2.75, 3.05) is 69.2 Å². The molecule has 0 bridgehead atoms. The van der Waals surface area contributed by atoms with Crippen LogP contribution < -0.4 is 10.2 Å². The fourth-order valence-corrected chi connectivity index (χ4v) is 3.12. The number of nitrogens with zero attached hydrogens (tertiary/aromatic N) is 3. The number of hydrogen-bond donors (Lipinski definition) is 1. The molecular formula is C17H26N4O2. The predicted octanol–water partition coefficient (Wildman–Crippen LogP) is 1.69. The molecular weight excluding hydrogens is 292 g/mol. The molecule has 2 saturated heterocycles. The molecule has 0 spiro atoms. The Bertz CT molecular complexity index is 523. The van der Waals surface area contributed by atoms with Gasteiger partial charge in [0.15, 0.2) is 0 Å². The molecule has 0 saturated carbocycles. The molecule has 2 heterocycles. The van der Waals surface area contributed by atoms with Crippen LogP contribution in [-0.2, 0) is 4.74 Å². The number of rotatable bonds is 3. The molecule has 6 nitrogen and oxygen atoms in total. The van der Waals surface area contributed by atoms with Gasteiger partial charge >= 0.3 is 6.03 Å². The zero-order valence-electron chi connectivity index (χ0n) is 13.8. The Kier molecular flexibility index (Phi) is 5.35. The van der Waals surface area contributed by atoms with Crippen molar-refractivity contribution in [2.45, 2.75) is 6.92 Å². The second kappa shape index (κ2) is 7.66. The van der Waals surface area contributed by atoms with Crippen molar-refractivity contribution >= 4 is 17.4 Å². The Morgan fingerprint density at radius 3 is 2.48 bits per heavy atom. The first-order valence-electron chi connectivity index (χ1n) is 8.48. The molecule has 3 rings (SSSR count). The average molecular weight is 318 g/mol. The summed E-state index contributed by atoms with van der Waals surface area (Å²) in [6.45, 7) is 9.99. The van der Waals surface area contributed by atoms with Crippen LogP contribution in [0.1, 0.15) is 6.92 Å². The number of carbonyl (C=O) groups is 1. The quantitative estimate of drug-likeness (QED) is 0.921. The van der Waals surface area contributed by atoms with Gasteiger partial charge < -0.3 is 24.8 Å². The lowest BCUT2D eigenvalue weighted by molar-refractivity contribution is 0.0564. The van der Waals surface area contributed by atoms with Gasteiger partial charge in [0, 0.05) is 39.3 Å². The molecule has 126 valence electrons. The fourth-order valence-electron chi connectivity index (χ4n) is 3.12. The molecule has 6 heteroatoms. The minimum atomic E-state index is -0.0343. The topological polar surface area (TPSA) is 48.0 Å². The third kappa shape index (κ3) is 3.95. The SMILES string of the molecule is CCN1CCN(c2ccccc2NC(=O)N2CCOCC2)CC1. The highest BCUT2D eigenvalue weighted by Gasteiger charge is 2.21. The first-order valence-corrected chi connectivity index (χ1v) is 8.48. The van der Waals surface area contributed by atoms with Gasteiger partial charge in [0.1, 0.15) is 0 Å². The first-order chi connectivity index (χ1) is 11.3. The minimum Gasteiger partial charge on any atom is -0.378 e. The number of ether oxygens (including phenoxy) is 1. The highest BCUT2D eigenvalue weighted by atomic mass is 16.5. The van der Waals surface area contributed by atoms with E-state index in [4.69, 9.17) is 4.74 Å². The van der Waals surface area contributed by atoms with E-state index < -0.39 is 0 Å². The number of amides is 2. The molecule has 23 heavy (non-hydrogen) atoms. The zero-order valence-corrected chi connectivity index (χ0v) is 13.8. The van der Waals surface area contributed by atoms with Gasteiger partial charge in [-0.25, -0.2) is 4.79 Å². The summed E-state index contributed by atoms with van der Waals surface area (Å²) in [5.74, 6) is 0. The summed E-state index contributed by atoms with van der Waals surface area (Å²) in [6.07, 6.45) is 0. The first kappa shape index (κ1) is 16.1. The van der Waals surface area contributed by atoms with Gasteiger partial charge in [-0.1, -0.05) is 19.1 Å². The van der Waals surface area contributed by atoms with Gasteiger partial charge in [-0.3, -0.25) is 0 Å². The number of morpholine rings is 1. The number of para-hydroxylation sites is 2. The normalized spacial score (nSPS) is 19.7. The molecule has 2 aliphatic rings. The van der Waals surface area contributed by atoms with E-state index >= 15 is 0 Å². The van der Waals surface area contributed by atoms with E-state index in [-0.39, 0.29) is 6.03 Å². The number of urea groups is 1. The second-order valence-corrected chi connectivity index (χ2v) is 5.97. The Morgan fingerprint density at radius 1 is 1.09 bits per heavy atom. The third-order valence-electron chi connectivity index (χ3n) is 4.60. The van der Waals surface area contributed by atoms with Crippen LogP contribution in [0.5, 0.6) is 0 Å². The van der Waals surface area contributed by atoms with Crippen LogP contribution in [0.4, 0.5) is 16.2 Å². The van der Waals surface area contributed by atoms with E-state index in [1.807, 2.05) is 23.1 Å². The number of anilines is 2. The van der Waals surface area contributed by atoms with Crippen LogP contribution in [0.15, 0.2) is 24.3 Å². The summed E-state index contributed by atoms with van der Waals surface area (Å²) in [4.78, 5) is 19.1. The van der Waals surface area contributed by atoms with Gasteiger partial charge in [0.25, 0.3) is 0 Å². The van der Waals surface area contributed by atoms with E-state index in [0.29, 0.717) is 26.3 Å². The Hall–Kier alpha value is -1.79. The molecule has 2 amide bonds. The number of hydrogen-bond acceptors (Lipinski definition) is 4. The summed E-state index contributed by atoms with van der Waals surface area (Å²) in [7, 11) is 0. The molecule has 0 aliphatic carbocycles. The maximum Gasteiger partial charge on any atom is 0.322 e. The predicted molar refractivity (Wildman–Crippen MR) is 92.2 cm³/mol. The van der Waals surface area contributed by atoms with Gasteiger partial charge in [-0.05, 0) is 18.7 Å². The van der Waals surface area contributed by atoms with Crippen LogP contribution >= 0.6 is 0 Å².